The number of fused-ring (bicyclic) bond motifs is 1. The van der Waals surface area contributed by atoms with E-state index < -0.39 is 12.1 Å². The van der Waals surface area contributed by atoms with E-state index >= 15 is 0 Å². The van der Waals surface area contributed by atoms with Crippen LogP contribution in [0.25, 0.3) is 11.1 Å². The molecule has 2 atom stereocenters. The molecule has 0 bridgehead atoms. The first-order valence-electron chi connectivity index (χ1n) is 10.6. The van der Waals surface area contributed by atoms with Crippen LogP contribution in [-0.2, 0) is 12.8 Å². The highest BCUT2D eigenvalue weighted by atomic mass is 35.5. The Morgan fingerprint density at radius 1 is 1.12 bits per heavy atom. The molecule has 3 aromatic carbocycles. The van der Waals surface area contributed by atoms with Crippen LogP contribution in [0.1, 0.15) is 39.6 Å². The molecule has 0 unspecified atom stereocenters. The minimum Gasteiger partial charge on any atom is -0.496 e. The Balaban J connectivity index is 0.00000306. The zero-order valence-electron chi connectivity index (χ0n) is 18.3. The normalized spacial score (nSPS) is 15.8. The topological polar surface area (TPSA) is 78.8 Å². The molecule has 0 amide bonds. The molecule has 0 saturated heterocycles. The molecular weight excluding hydrogens is 461 g/mol. The number of benzene rings is 3. The Kier molecular flexibility index (Phi) is 8.38. The van der Waals surface area contributed by atoms with Gasteiger partial charge in [-0.3, -0.25) is 0 Å². The smallest absolute Gasteiger partial charge is 0.339 e. The number of ether oxygens (including phenoxy) is 1. The molecule has 3 N–H and O–H groups in total. The van der Waals surface area contributed by atoms with Crippen LogP contribution in [0.3, 0.4) is 0 Å². The Morgan fingerprint density at radius 2 is 1.88 bits per heavy atom. The molecule has 7 heteroatoms. The minimum atomic E-state index is -1.01. The van der Waals surface area contributed by atoms with Gasteiger partial charge in [-0.25, -0.2) is 4.79 Å². The number of nitrogens with one attached hydrogen (secondary N) is 1. The number of carboxylic acids is 1. The van der Waals surface area contributed by atoms with Gasteiger partial charge in [0.25, 0.3) is 0 Å². The highest BCUT2D eigenvalue weighted by Crippen LogP contribution is 2.31. The quantitative estimate of drug-likeness (QED) is 0.420. The van der Waals surface area contributed by atoms with E-state index in [1.165, 1.54) is 18.2 Å². The van der Waals surface area contributed by atoms with Crippen LogP contribution in [0, 0.1) is 0 Å². The van der Waals surface area contributed by atoms with Gasteiger partial charge in [0.15, 0.2) is 0 Å². The van der Waals surface area contributed by atoms with E-state index in [1.807, 2.05) is 18.2 Å². The SMILES string of the molecule is COc1cc(-c2ccc3c(c2)C[C@@H](NC[C@@H](O)c2cccc(Cl)c2)CC3)ccc1C(=O)O.Cl. The fourth-order valence-electron chi connectivity index (χ4n) is 4.27. The summed E-state index contributed by atoms with van der Waals surface area (Å²) in [4.78, 5) is 11.4. The van der Waals surface area contributed by atoms with Gasteiger partial charge in [0.05, 0.1) is 13.2 Å². The van der Waals surface area contributed by atoms with Gasteiger partial charge in [-0.1, -0.05) is 48.0 Å². The number of rotatable bonds is 7. The molecule has 0 radical (unpaired) electrons. The highest BCUT2D eigenvalue weighted by Gasteiger charge is 2.20. The average molecular weight is 488 g/mol. The third kappa shape index (κ3) is 5.87. The summed E-state index contributed by atoms with van der Waals surface area (Å²) in [5, 5.41) is 23.9. The van der Waals surface area contributed by atoms with E-state index in [-0.39, 0.29) is 24.0 Å². The van der Waals surface area contributed by atoms with Gasteiger partial charge in [0.1, 0.15) is 11.3 Å². The van der Waals surface area contributed by atoms with E-state index in [0.29, 0.717) is 17.3 Å². The molecule has 1 aliphatic carbocycles. The fraction of sp³-hybridized carbons (Fsp3) is 0.269. The molecule has 5 nitrogen and oxygen atoms in total. The molecular formula is C26H27Cl2NO4. The maximum Gasteiger partial charge on any atom is 0.339 e. The molecule has 1 aliphatic rings. The first-order chi connectivity index (χ1) is 15.4. The molecule has 4 rings (SSSR count). The zero-order valence-corrected chi connectivity index (χ0v) is 19.8. The van der Waals surface area contributed by atoms with Crippen molar-refractivity contribution in [2.75, 3.05) is 13.7 Å². The van der Waals surface area contributed by atoms with E-state index in [2.05, 4.69) is 23.5 Å². The first-order valence-corrected chi connectivity index (χ1v) is 11.0. The maximum absolute atomic E-state index is 11.4. The summed E-state index contributed by atoms with van der Waals surface area (Å²) >= 11 is 6.03. The Morgan fingerprint density at radius 3 is 2.61 bits per heavy atom. The van der Waals surface area contributed by atoms with Crippen molar-refractivity contribution < 1.29 is 19.7 Å². The number of carbonyl (C=O) groups is 1. The zero-order chi connectivity index (χ0) is 22.7. The van der Waals surface area contributed by atoms with Crippen molar-refractivity contribution in [1.29, 1.82) is 0 Å². The van der Waals surface area contributed by atoms with Gasteiger partial charge in [-0.05, 0) is 71.3 Å². The molecule has 0 saturated carbocycles. The van der Waals surface area contributed by atoms with Gasteiger partial charge >= 0.3 is 5.97 Å². The number of hydrogen-bond donors (Lipinski definition) is 3. The molecule has 0 aliphatic heterocycles. The molecule has 33 heavy (non-hydrogen) atoms. The number of aliphatic hydroxyl groups is 1. The summed E-state index contributed by atoms with van der Waals surface area (Å²) in [5.74, 6) is -0.657. The van der Waals surface area contributed by atoms with Crippen LogP contribution in [0.2, 0.25) is 5.02 Å². The van der Waals surface area contributed by atoms with Crippen LogP contribution in [0.15, 0.2) is 60.7 Å². The molecule has 174 valence electrons. The lowest BCUT2D eigenvalue weighted by molar-refractivity contribution is 0.0693. The van der Waals surface area contributed by atoms with Crippen molar-refractivity contribution in [1.82, 2.24) is 5.32 Å². The van der Waals surface area contributed by atoms with Gasteiger partial charge < -0.3 is 20.3 Å². The summed E-state index contributed by atoms with van der Waals surface area (Å²) in [7, 11) is 1.48. The number of halogens is 2. The Labute approximate surface area is 204 Å². The average Bonchev–Trinajstić information content (AvgIpc) is 2.81. The third-order valence-electron chi connectivity index (χ3n) is 6.03. The van der Waals surface area contributed by atoms with Crippen molar-refractivity contribution in [2.45, 2.75) is 31.4 Å². The fourth-order valence-corrected chi connectivity index (χ4v) is 4.47. The predicted octanol–water partition coefficient (Wildman–Crippen LogP) is 5.32. The molecule has 0 spiro atoms. The number of carboxylic acid groups (broad SMARTS) is 1. The van der Waals surface area contributed by atoms with Crippen LogP contribution < -0.4 is 10.1 Å². The monoisotopic (exact) mass is 487 g/mol. The largest absolute Gasteiger partial charge is 0.496 e. The second kappa shape index (κ2) is 11.0. The van der Waals surface area contributed by atoms with Crippen LogP contribution >= 0.6 is 24.0 Å². The number of aliphatic hydroxyl groups excluding tert-OH is 1. The lowest BCUT2D eigenvalue weighted by Crippen LogP contribution is -2.37. The van der Waals surface area contributed by atoms with Gasteiger partial charge in [0.2, 0.25) is 0 Å². The first kappa shape index (κ1) is 25.1. The summed E-state index contributed by atoms with van der Waals surface area (Å²) in [5.41, 5.74) is 5.50. The summed E-state index contributed by atoms with van der Waals surface area (Å²) < 4.78 is 5.27. The van der Waals surface area contributed by atoms with Crippen molar-refractivity contribution in [3.63, 3.8) is 0 Å². The lowest BCUT2D eigenvalue weighted by atomic mass is 9.86. The predicted molar refractivity (Wildman–Crippen MR) is 133 cm³/mol. The number of hydrogen-bond acceptors (Lipinski definition) is 4. The van der Waals surface area contributed by atoms with Crippen molar-refractivity contribution >= 4 is 30.0 Å². The Hall–Kier alpha value is -2.57. The lowest BCUT2D eigenvalue weighted by Gasteiger charge is -2.27. The van der Waals surface area contributed by atoms with E-state index in [0.717, 1.165) is 36.0 Å². The number of aromatic carboxylic acids is 1. The van der Waals surface area contributed by atoms with Gasteiger partial charge in [-0.15, -0.1) is 12.4 Å². The number of methoxy groups -OCH3 is 1. The van der Waals surface area contributed by atoms with Gasteiger partial charge in [-0.2, -0.15) is 0 Å². The Bertz CT molecular complexity index is 1140. The van der Waals surface area contributed by atoms with Gasteiger partial charge in [0, 0.05) is 17.6 Å². The van der Waals surface area contributed by atoms with Crippen molar-refractivity contribution in [3.8, 4) is 16.9 Å². The van der Waals surface area contributed by atoms with Crippen molar-refractivity contribution in [2.24, 2.45) is 0 Å². The minimum absolute atomic E-state index is 0. The third-order valence-corrected chi connectivity index (χ3v) is 6.27. The van der Waals surface area contributed by atoms with E-state index in [4.69, 9.17) is 16.3 Å². The maximum atomic E-state index is 11.4. The summed E-state index contributed by atoms with van der Waals surface area (Å²) in [6, 6.07) is 19.1. The number of aryl methyl sites for hydroxylation is 1. The molecule has 0 heterocycles. The highest BCUT2D eigenvalue weighted by molar-refractivity contribution is 6.30. The second-order valence-corrected chi connectivity index (χ2v) is 8.56. The summed E-state index contributed by atoms with van der Waals surface area (Å²) in [6.07, 6.45) is 2.24. The second-order valence-electron chi connectivity index (χ2n) is 8.12. The van der Waals surface area contributed by atoms with Crippen molar-refractivity contribution in [3.05, 3.63) is 87.9 Å². The van der Waals surface area contributed by atoms with E-state index in [1.54, 1.807) is 24.3 Å². The van der Waals surface area contributed by atoms with E-state index in [9.17, 15) is 15.0 Å². The summed E-state index contributed by atoms with van der Waals surface area (Å²) in [6.45, 7) is 0.466. The molecule has 3 aromatic rings. The van der Waals surface area contributed by atoms with Crippen LogP contribution in [0.5, 0.6) is 5.75 Å². The molecule has 0 fully saturated rings. The standard InChI is InChI=1S/C26H26ClNO4.ClH/c1-32-25-14-18(8-10-23(25)26(30)31)17-6-5-16-7-9-22(13-20(16)11-17)28-15-24(29)19-3-2-4-21(27)12-19;/h2-6,8,10-12,14,22,24,28-29H,7,9,13,15H2,1H3,(H,30,31);1H/t22-,24+;/m0./s1. The van der Waals surface area contributed by atoms with Crippen LogP contribution in [0.4, 0.5) is 0 Å². The van der Waals surface area contributed by atoms with Crippen LogP contribution in [-0.4, -0.2) is 35.9 Å². The molecule has 0 aromatic heterocycles.